The lowest BCUT2D eigenvalue weighted by Crippen LogP contribution is -2.26. The van der Waals surface area contributed by atoms with Crippen molar-refractivity contribution in [2.75, 3.05) is 6.61 Å². The number of aromatic nitrogens is 2. The first-order valence-electron chi connectivity index (χ1n) is 8.00. The standard InChI is InChI=1S/C18H22N2O5/c1-6-24-18(23)14-10(2)15(19-11(14)3)16(21)12(4)25-17(22)13-8-7-9-20(13)5/h7-9,12,19H,6H2,1-5H3. The summed E-state index contributed by atoms with van der Waals surface area (Å²) < 4.78 is 11.9. The first-order chi connectivity index (χ1) is 11.8. The summed E-state index contributed by atoms with van der Waals surface area (Å²) in [4.78, 5) is 39.7. The summed E-state index contributed by atoms with van der Waals surface area (Å²) in [6.45, 7) is 6.82. The van der Waals surface area contributed by atoms with Crippen molar-refractivity contribution in [1.29, 1.82) is 0 Å². The molecule has 1 unspecified atom stereocenters. The number of nitrogens with one attached hydrogen (secondary N) is 1. The number of hydrogen-bond donors (Lipinski definition) is 1. The van der Waals surface area contributed by atoms with Crippen LogP contribution in [-0.2, 0) is 16.5 Å². The van der Waals surface area contributed by atoms with Crippen LogP contribution in [0.2, 0.25) is 0 Å². The van der Waals surface area contributed by atoms with Gasteiger partial charge >= 0.3 is 11.9 Å². The van der Waals surface area contributed by atoms with Gasteiger partial charge in [-0.2, -0.15) is 0 Å². The number of aryl methyl sites for hydroxylation is 2. The maximum Gasteiger partial charge on any atom is 0.355 e. The molecule has 2 aromatic heterocycles. The van der Waals surface area contributed by atoms with E-state index in [1.807, 2.05) is 0 Å². The van der Waals surface area contributed by atoms with Crippen LogP contribution in [0.4, 0.5) is 0 Å². The third kappa shape index (κ3) is 3.65. The Morgan fingerprint density at radius 2 is 1.92 bits per heavy atom. The molecule has 1 atom stereocenters. The second kappa shape index (κ2) is 7.38. The number of rotatable bonds is 6. The quantitative estimate of drug-likeness (QED) is 0.641. The van der Waals surface area contributed by atoms with Gasteiger partial charge in [0.1, 0.15) is 5.69 Å². The van der Waals surface area contributed by atoms with Gasteiger partial charge < -0.3 is 19.0 Å². The van der Waals surface area contributed by atoms with Crippen molar-refractivity contribution in [3.05, 3.63) is 46.5 Å². The lowest BCUT2D eigenvalue weighted by molar-refractivity contribution is 0.0307. The van der Waals surface area contributed by atoms with Gasteiger partial charge in [-0.3, -0.25) is 4.79 Å². The Labute approximate surface area is 145 Å². The average molecular weight is 346 g/mol. The molecule has 7 nitrogen and oxygen atoms in total. The number of carbonyl (C=O) groups is 3. The Morgan fingerprint density at radius 3 is 2.48 bits per heavy atom. The van der Waals surface area contributed by atoms with Gasteiger partial charge in [-0.05, 0) is 45.4 Å². The highest BCUT2D eigenvalue weighted by Gasteiger charge is 2.28. The Morgan fingerprint density at radius 1 is 1.24 bits per heavy atom. The molecule has 2 rings (SSSR count). The van der Waals surface area contributed by atoms with E-state index in [-0.39, 0.29) is 12.3 Å². The third-order valence-corrected chi connectivity index (χ3v) is 3.97. The van der Waals surface area contributed by atoms with Gasteiger partial charge in [0.2, 0.25) is 5.78 Å². The molecule has 0 fully saturated rings. The molecule has 2 heterocycles. The van der Waals surface area contributed by atoms with Crippen LogP contribution in [0, 0.1) is 13.8 Å². The summed E-state index contributed by atoms with van der Waals surface area (Å²) in [7, 11) is 1.72. The van der Waals surface area contributed by atoms with Crippen LogP contribution in [0.25, 0.3) is 0 Å². The maximum atomic E-state index is 12.6. The van der Waals surface area contributed by atoms with E-state index in [2.05, 4.69) is 4.98 Å². The molecule has 134 valence electrons. The Kier molecular flexibility index (Phi) is 5.46. The molecular weight excluding hydrogens is 324 g/mol. The number of nitrogens with zero attached hydrogens (tertiary/aromatic N) is 1. The summed E-state index contributed by atoms with van der Waals surface area (Å²) in [5.74, 6) is -1.47. The number of aromatic amines is 1. The minimum Gasteiger partial charge on any atom is -0.462 e. The molecule has 0 bridgehead atoms. The summed E-state index contributed by atoms with van der Waals surface area (Å²) in [5.41, 5.74) is 1.97. The molecule has 1 N–H and O–H groups in total. The minimum absolute atomic E-state index is 0.243. The van der Waals surface area contributed by atoms with E-state index >= 15 is 0 Å². The molecule has 0 amide bonds. The Bertz CT molecular complexity index is 816. The minimum atomic E-state index is -0.991. The van der Waals surface area contributed by atoms with Crippen molar-refractivity contribution < 1.29 is 23.9 Å². The van der Waals surface area contributed by atoms with Crippen molar-refractivity contribution in [3.63, 3.8) is 0 Å². The fraction of sp³-hybridized carbons (Fsp3) is 0.389. The average Bonchev–Trinajstić information content (AvgIpc) is 3.10. The lowest BCUT2D eigenvalue weighted by atomic mass is 10.1. The molecule has 2 aromatic rings. The van der Waals surface area contributed by atoms with Crippen molar-refractivity contribution in [3.8, 4) is 0 Å². The zero-order valence-corrected chi connectivity index (χ0v) is 15.0. The number of ketones is 1. The summed E-state index contributed by atoms with van der Waals surface area (Å²) in [5, 5.41) is 0. The lowest BCUT2D eigenvalue weighted by Gasteiger charge is -2.12. The molecule has 0 aliphatic heterocycles. The normalized spacial score (nSPS) is 11.9. The van der Waals surface area contributed by atoms with Crippen LogP contribution in [0.15, 0.2) is 18.3 Å². The highest BCUT2D eigenvalue weighted by atomic mass is 16.5. The van der Waals surface area contributed by atoms with Gasteiger partial charge in [0.15, 0.2) is 6.10 Å². The predicted octanol–water partition coefficient (Wildman–Crippen LogP) is 2.57. The van der Waals surface area contributed by atoms with Gasteiger partial charge in [-0.1, -0.05) is 0 Å². The van der Waals surface area contributed by atoms with Crippen LogP contribution in [0.1, 0.15) is 56.4 Å². The van der Waals surface area contributed by atoms with E-state index in [1.54, 1.807) is 50.7 Å². The largest absolute Gasteiger partial charge is 0.462 e. The van der Waals surface area contributed by atoms with E-state index in [0.29, 0.717) is 22.5 Å². The third-order valence-electron chi connectivity index (χ3n) is 3.97. The number of ether oxygens (including phenoxy) is 2. The number of carbonyl (C=O) groups excluding carboxylic acids is 3. The fourth-order valence-electron chi connectivity index (χ4n) is 2.66. The monoisotopic (exact) mass is 346 g/mol. The number of H-pyrrole nitrogens is 1. The van der Waals surface area contributed by atoms with Crippen molar-refractivity contribution in [2.45, 2.75) is 33.8 Å². The summed E-state index contributed by atoms with van der Waals surface area (Å²) in [6.07, 6.45) is 0.724. The summed E-state index contributed by atoms with van der Waals surface area (Å²) in [6, 6.07) is 3.33. The Hall–Kier alpha value is -2.83. The van der Waals surface area contributed by atoms with Crippen LogP contribution in [-0.4, -0.2) is 40.0 Å². The first kappa shape index (κ1) is 18.5. The fourth-order valence-corrected chi connectivity index (χ4v) is 2.66. The summed E-state index contributed by atoms with van der Waals surface area (Å²) >= 11 is 0. The van der Waals surface area contributed by atoms with E-state index in [0.717, 1.165) is 0 Å². The van der Waals surface area contributed by atoms with Gasteiger partial charge in [0, 0.05) is 18.9 Å². The van der Waals surface area contributed by atoms with Gasteiger partial charge in [0.25, 0.3) is 0 Å². The van der Waals surface area contributed by atoms with Crippen molar-refractivity contribution in [1.82, 2.24) is 9.55 Å². The number of hydrogen-bond acceptors (Lipinski definition) is 5. The number of Topliss-reactive ketones (excluding diaryl/α,β-unsaturated/α-hetero) is 1. The molecule has 0 aliphatic rings. The Balaban J connectivity index is 2.20. The van der Waals surface area contributed by atoms with Crippen molar-refractivity contribution in [2.24, 2.45) is 7.05 Å². The molecule has 0 spiro atoms. The molecule has 0 aromatic carbocycles. The van der Waals surface area contributed by atoms with Crippen molar-refractivity contribution >= 4 is 17.7 Å². The SMILES string of the molecule is CCOC(=O)c1c(C)[nH]c(C(=O)C(C)OC(=O)c2cccn2C)c1C. The maximum absolute atomic E-state index is 12.6. The zero-order chi connectivity index (χ0) is 18.7. The van der Waals surface area contributed by atoms with E-state index in [4.69, 9.17) is 9.47 Å². The smallest absolute Gasteiger partial charge is 0.355 e. The molecule has 0 radical (unpaired) electrons. The second-order valence-corrected chi connectivity index (χ2v) is 5.76. The molecule has 0 aliphatic carbocycles. The van der Waals surface area contributed by atoms with E-state index in [9.17, 15) is 14.4 Å². The van der Waals surface area contributed by atoms with E-state index < -0.39 is 23.8 Å². The second-order valence-electron chi connectivity index (χ2n) is 5.76. The zero-order valence-electron chi connectivity index (χ0n) is 15.0. The highest BCUT2D eigenvalue weighted by Crippen LogP contribution is 2.21. The first-order valence-corrected chi connectivity index (χ1v) is 8.00. The van der Waals surface area contributed by atoms with Gasteiger partial charge in [-0.25, -0.2) is 9.59 Å². The van der Waals surface area contributed by atoms with E-state index in [1.165, 1.54) is 6.92 Å². The van der Waals surface area contributed by atoms with Crippen LogP contribution < -0.4 is 0 Å². The molecule has 7 heteroatoms. The molecular formula is C18H22N2O5. The topological polar surface area (TPSA) is 90.4 Å². The predicted molar refractivity (Wildman–Crippen MR) is 90.8 cm³/mol. The number of esters is 2. The molecule has 25 heavy (non-hydrogen) atoms. The van der Waals surface area contributed by atoms with Crippen LogP contribution >= 0.6 is 0 Å². The van der Waals surface area contributed by atoms with Gasteiger partial charge in [0.05, 0.1) is 17.9 Å². The van der Waals surface area contributed by atoms with Crippen LogP contribution in [0.3, 0.4) is 0 Å². The van der Waals surface area contributed by atoms with Gasteiger partial charge in [-0.15, -0.1) is 0 Å². The van der Waals surface area contributed by atoms with Crippen LogP contribution in [0.5, 0.6) is 0 Å². The molecule has 0 saturated heterocycles. The molecule has 0 saturated carbocycles. The highest BCUT2D eigenvalue weighted by molar-refractivity contribution is 6.04.